The first-order valence-corrected chi connectivity index (χ1v) is 10.6. The van der Waals surface area contributed by atoms with Crippen molar-refractivity contribution in [3.8, 4) is 11.5 Å². The summed E-state index contributed by atoms with van der Waals surface area (Å²) in [6.45, 7) is 4.25. The summed E-state index contributed by atoms with van der Waals surface area (Å²) in [5.41, 5.74) is 0.520. The fourth-order valence-corrected chi connectivity index (χ4v) is 3.78. The molecule has 162 valence electrons. The predicted molar refractivity (Wildman–Crippen MR) is 116 cm³/mol. The molecule has 1 fully saturated rings. The van der Waals surface area contributed by atoms with Crippen LogP contribution < -0.4 is 14.8 Å². The van der Waals surface area contributed by atoms with Crippen LogP contribution in [0.4, 0.5) is 4.39 Å². The minimum Gasteiger partial charge on any atom is -0.497 e. The number of nitrogens with one attached hydrogen (secondary N) is 1. The van der Waals surface area contributed by atoms with Crippen LogP contribution in [0.2, 0.25) is 5.02 Å². The molecule has 0 aliphatic carbocycles. The molecule has 5 nitrogen and oxygen atoms in total. The number of hydrogen-bond donors (Lipinski definition) is 1. The lowest BCUT2D eigenvalue weighted by Crippen LogP contribution is -2.44. The van der Waals surface area contributed by atoms with Gasteiger partial charge in [0.2, 0.25) is 5.91 Å². The summed E-state index contributed by atoms with van der Waals surface area (Å²) in [4.78, 5) is 14.7. The first kappa shape index (κ1) is 22.4. The maximum absolute atomic E-state index is 14.0. The summed E-state index contributed by atoms with van der Waals surface area (Å²) < 4.78 is 24.9. The first-order valence-electron chi connectivity index (χ1n) is 10.2. The number of halogens is 2. The SMILES string of the molecule is COc1ccc(OC[C@H](C)NC(=O)C2CCN(Cc3c(F)cccc3Cl)CC2)cc1. The fraction of sp³-hybridized carbons (Fsp3) is 0.435. The molecule has 1 aliphatic rings. The van der Waals surface area contributed by atoms with Crippen LogP contribution in [0.3, 0.4) is 0 Å². The van der Waals surface area contributed by atoms with Crippen molar-refractivity contribution in [2.45, 2.75) is 32.4 Å². The number of likely N-dealkylation sites (tertiary alicyclic amines) is 1. The molecule has 2 aromatic rings. The molecule has 3 rings (SSSR count). The number of carbonyl (C=O) groups excluding carboxylic acids is 1. The van der Waals surface area contributed by atoms with Crippen molar-refractivity contribution in [3.63, 3.8) is 0 Å². The Morgan fingerprint density at radius 3 is 2.50 bits per heavy atom. The van der Waals surface area contributed by atoms with Gasteiger partial charge in [0.1, 0.15) is 23.9 Å². The summed E-state index contributed by atoms with van der Waals surface area (Å²) in [6, 6.07) is 12.0. The number of hydrogen-bond acceptors (Lipinski definition) is 4. The second kappa shape index (κ2) is 10.6. The predicted octanol–water partition coefficient (Wildman–Crippen LogP) is 4.28. The van der Waals surface area contributed by atoms with Crippen molar-refractivity contribution in [1.82, 2.24) is 10.2 Å². The highest BCUT2D eigenvalue weighted by Gasteiger charge is 2.26. The van der Waals surface area contributed by atoms with Crippen LogP contribution in [0, 0.1) is 11.7 Å². The highest BCUT2D eigenvalue weighted by atomic mass is 35.5. The molecule has 0 saturated carbocycles. The Morgan fingerprint density at radius 1 is 1.20 bits per heavy atom. The molecule has 0 unspecified atom stereocenters. The smallest absolute Gasteiger partial charge is 0.223 e. The average Bonchev–Trinajstić information content (AvgIpc) is 2.75. The molecule has 1 N–H and O–H groups in total. The highest BCUT2D eigenvalue weighted by Crippen LogP contribution is 2.24. The van der Waals surface area contributed by atoms with Crippen LogP contribution in [-0.4, -0.2) is 43.7 Å². The minimum absolute atomic E-state index is 0.0409. The quantitative estimate of drug-likeness (QED) is 0.673. The Balaban J connectivity index is 1.41. The summed E-state index contributed by atoms with van der Waals surface area (Å²) in [5, 5.41) is 3.48. The third-order valence-electron chi connectivity index (χ3n) is 5.35. The number of methoxy groups -OCH3 is 1. The number of piperidine rings is 1. The molecular formula is C23H28ClFN2O3. The number of ether oxygens (including phenoxy) is 2. The second-order valence-corrected chi connectivity index (χ2v) is 8.05. The molecule has 1 heterocycles. The van der Waals surface area contributed by atoms with Gasteiger partial charge in [0, 0.05) is 23.0 Å². The van der Waals surface area contributed by atoms with Crippen molar-refractivity contribution in [2.24, 2.45) is 5.92 Å². The molecule has 30 heavy (non-hydrogen) atoms. The van der Waals surface area contributed by atoms with Crippen LogP contribution in [0.5, 0.6) is 11.5 Å². The van der Waals surface area contributed by atoms with Gasteiger partial charge in [-0.25, -0.2) is 4.39 Å². The molecule has 7 heteroatoms. The van der Waals surface area contributed by atoms with E-state index in [4.69, 9.17) is 21.1 Å². The maximum atomic E-state index is 14.0. The molecule has 1 aliphatic heterocycles. The van der Waals surface area contributed by atoms with Crippen LogP contribution in [0.1, 0.15) is 25.3 Å². The van der Waals surface area contributed by atoms with E-state index < -0.39 is 0 Å². The van der Waals surface area contributed by atoms with E-state index in [0.29, 0.717) is 23.7 Å². The van der Waals surface area contributed by atoms with Gasteiger partial charge in [0.25, 0.3) is 0 Å². The highest BCUT2D eigenvalue weighted by molar-refractivity contribution is 6.31. The van der Waals surface area contributed by atoms with Gasteiger partial charge in [0.05, 0.1) is 13.2 Å². The third kappa shape index (κ3) is 6.09. The molecule has 0 bridgehead atoms. The summed E-state index contributed by atoms with van der Waals surface area (Å²) in [7, 11) is 1.62. The Bertz CT molecular complexity index is 819. The van der Waals surface area contributed by atoms with Crippen LogP contribution >= 0.6 is 11.6 Å². The lowest BCUT2D eigenvalue weighted by Gasteiger charge is -2.32. The zero-order valence-electron chi connectivity index (χ0n) is 17.4. The van der Waals surface area contributed by atoms with Crippen molar-refractivity contribution >= 4 is 17.5 Å². The molecule has 1 amide bonds. The van der Waals surface area contributed by atoms with Crippen LogP contribution in [0.15, 0.2) is 42.5 Å². The Kier molecular flexibility index (Phi) is 7.94. The van der Waals surface area contributed by atoms with E-state index in [-0.39, 0.29) is 23.7 Å². The molecule has 1 saturated heterocycles. The van der Waals surface area contributed by atoms with Gasteiger partial charge in [-0.1, -0.05) is 17.7 Å². The van der Waals surface area contributed by atoms with Gasteiger partial charge >= 0.3 is 0 Å². The van der Waals surface area contributed by atoms with Gasteiger partial charge < -0.3 is 14.8 Å². The van der Waals surface area contributed by atoms with E-state index in [1.54, 1.807) is 19.2 Å². The number of benzene rings is 2. The van der Waals surface area contributed by atoms with Gasteiger partial charge in [-0.3, -0.25) is 9.69 Å². The van der Waals surface area contributed by atoms with E-state index in [1.165, 1.54) is 6.07 Å². The lowest BCUT2D eigenvalue weighted by atomic mass is 9.95. The van der Waals surface area contributed by atoms with Crippen molar-refractivity contribution in [1.29, 1.82) is 0 Å². The molecular weight excluding hydrogens is 407 g/mol. The van der Waals surface area contributed by atoms with E-state index in [2.05, 4.69) is 10.2 Å². The normalized spacial score (nSPS) is 16.1. The zero-order valence-corrected chi connectivity index (χ0v) is 18.1. The lowest BCUT2D eigenvalue weighted by molar-refractivity contribution is -0.127. The first-order chi connectivity index (χ1) is 14.5. The van der Waals surface area contributed by atoms with E-state index in [0.717, 1.165) is 37.4 Å². The number of amides is 1. The standard InChI is InChI=1S/C23H28ClFN2O3/c1-16(15-30-19-8-6-18(29-2)7-9-19)26-23(28)17-10-12-27(13-11-17)14-20-21(24)4-3-5-22(20)25/h3-9,16-17H,10-15H2,1-2H3,(H,26,28)/t16-/m0/s1. The largest absolute Gasteiger partial charge is 0.497 e. The molecule has 0 radical (unpaired) electrons. The Labute approximate surface area is 182 Å². The monoisotopic (exact) mass is 434 g/mol. The molecule has 1 atom stereocenters. The van der Waals surface area contributed by atoms with E-state index >= 15 is 0 Å². The zero-order chi connectivity index (χ0) is 21.5. The van der Waals surface area contributed by atoms with Gasteiger partial charge in [0.15, 0.2) is 0 Å². The molecule has 0 aromatic heterocycles. The fourth-order valence-electron chi connectivity index (χ4n) is 3.56. The Hall–Kier alpha value is -2.31. The van der Waals surface area contributed by atoms with Crippen molar-refractivity contribution in [2.75, 3.05) is 26.8 Å². The van der Waals surface area contributed by atoms with E-state index in [9.17, 15) is 9.18 Å². The van der Waals surface area contributed by atoms with Gasteiger partial charge in [-0.05, 0) is 69.3 Å². The average molecular weight is 435 g/mol. The maximum Gasteiger partial charge on any atom is 0.223 e. The topological polar surface area (TPSA) is 50.8 Å². The summed E-state index contributed by atoms with van der Waals surface area (Å²) in [6.07, 6.45) is 1.48. The summed E-state index contributed by atoms with van der Waals surface area (Å²) >= 11 is 6.13. The molecule has 0 spiro atoms. The third-order valence-corrected chi connectivity index (χ3v) is 5.70. The van der Waals surface area contributed by atoms with Crippen LogP contribution in [-0.2, 0) is 11.3 Å². The second-order valence-electron chi connectivity index (χ2n) is 7.65. The minimum atomic E-state index is -0.284. The number of nitrogens with zero attached hydrogens (tertiary/aromatic N) is 1. The van der Waals surface area contributed by atoms with Crippen molar-refractivity contribution < 1.29 is 18.7 Å². The summed E-state index contributed by atoms with van der Waals surface area (Å²) in [5.74, 6) is 1.22. The van der Waals surface area contributed by atoms with Crippen molar-refractivity contribution in [3.05, 3.63) is 58.9 Å². The van der Waals surface area contributed by atoms with Gasteiger partial charge in [-0.15, -0.1) is 0 Å². The van der Waals surface area contributed by atoms with E-state index in [1.807, 2.05) is 31.2 Å². The Morgan fingerprint density at radius 2 is 1.87 bits per heavy atom. The molecule has 2 aromatic carbocycles. The number of carbonyl (C=O) groups is 1. The van der Waals surface area contributed by atoms with Gasteiger partial charge in [-0.2, -0.15) is 0 Å². The van der Waals surface area contributed by atoms with Crippen LogP contribution in [0.25, 0.3) is 0 Å². The number of rotatable bonds is 8.